The minimum atomic E-state index is -4.55. The first kappa shape index (κ1) is 25.8. The molecule has 2 fully saturated rings. The van der Waals surface area contributed by atoms with E-state index in [-0.39, 0.29) is 23.2 Å². The summed E-state index contributed by atoms with van der Waals surface area (Å²) in [4.78, 5) is 40.4. The van der Waals surface area contributed by atoms with Crippen molar-refractivity contribution in [1.82, 2.24) is 24.3 Å². The number of carbonyl (C=O) groups excluding carboxylic acids is 2. The van der Waals surface area contributed by atoms with Gasteiger partial charge >= 0.3 is 6.18 Å². The van der Waals surface area contributed by atoms with E-state index in [0.29, 0.717) is 47.2 Å². The molecule has 3 aromatic heterocycles. The van der Waals surface area contributed by atoms with Crippen molar-refractivity contribution in [3.8, 4) is 11.3 Å². The van der Waals surface area contributed by atoms with Gasteiger partial charge in [-0.25, -0.2) is 15.0 Å². The molecule has 5 heterocycles. The Bertz CT molecular complexity index is 1650. The molecule has 0 aliphatic carbocycles. The van der Waals surface area contributed by atoms with Gasteiger partial charge in [0, 0.05) is 54.6 Å². The Balaban J connectivity index is 1.31. The normalized spacial score (nSPS) is 19.2. The number of amides is 2. The summed E-state index contributed by atoms with van der Waals surface area (Å²) in [6.45, 7) is 2.34. The van der Waals surface area contributed by atoms with Gasteiger partial charge in [-0.1, -0.05) is 6.07 Å². The molecule has 3 N–H and O–H groups in total. The molecular formula is C28H26F3N7O2. The smallest absolute Gasteiger partial charge is 0.382 e. The molecule has 2 aliphatic rings. The second-order valence-corrected chi connectivity index (χ2v) is 10.3. The number of aromatic nitrogens is 4. The molecule has 40 heavy (non-hydrogen) atoms. The van der Waals surface area contributed by atoms with Crippen LogP contribution in [0.15, 0.2) is 48.9 Å². The van der Waals surface area contributed by atoms with Crippen LogP contribution in [0.3, 0.4) is 0 Å². The summed E-state index contributed by atoms with van der Waals surface area (Å²) in [6, 6.07) is 7.04. The van der Waals surface area contributed by atoms with Crippen LogP contribution in [-0.4, -0.2) is 48.7 Å². The van der Waals surface area contributed by atoms with Crippen LogP contribution in [-0.2, 0) is 11.0 Å². The molecule has 2 aliphatic heterocycles. The molecule has 9 nitrogen and oxygen atoms in total. The van der Waals surface area contributed by atoms with Crippen molar-refractivity contribution in [3.63, 3.8) is 0 Å². The van der Waals surface area contributed by atoms with Crippen LogP contribution in [0.5, 0.6) is 0 Å². The SMILES string of the molecule is Cc1cc(-c2nc(C3CCC4CCC(=O)N4C3)n3ccnc(N)c23)ccc1C(=O)Nc1cc(C(F)(F)F)ccn1. The van der Waals surface area contributed by atoms with Crippen LogP contribution >= 0.6 is 0 Å². The zero-order valence-electron chi connectivity index (χ0n) is 21.6. The summed E-state index contributed by atoms with van der Waals surface area (Å²) in [5.41, 5.74) is 8.22. The highest BCUT2D eigenvalue weighted by Gasteiger charge is 2.38. The number of nitrogens with one attached hydrogen (secondary N) is 1. The number of fused-ring (bicyclic) bond motifs is 2. The maximum Gasteiger partial charge on any atom is 0.416 e. The fraction of sp³-hybridized carbons (Fsp3) is 0.321. The zero-order valence-corrected chi connectivity index (χ0v) is 21.6. The summed E-state index contributed by atoms with van der Waals surface area (Å²) < 4.78 is 41.1. The van der Waals surface area contributed by atoms with Gasteiger partial charge < -0.3 is 16.0 Å². The number of aryl methyl sites for hydroxylation is 1. The summed E-state index contributed by atoms with van der Waals surface area (Å²) >= 11 is 0. The maximum atomic E-state index is 13.1. The monoisotopic (exact) mass is 549 g/mol. The van der Waals surface area contributed by atoms with E-state index in [1.165, 1.54) is 0 Å². The number of rotatable bonds is 4. The van der Waals surface area contributed by atoms with E-state index in [9.17, 15) is 22.8 Å². The molecule has 2 atom stereocenters. The second-order valence-electron chi connectivity index (χ2n) is 10.3. The predicted octanol–water partition coefficient (Wildman–Crippen LogP) is 4.82. The molecule has 4 aromatic rings. The molecule has 12 heteroatoms. The molecule has 1 aromatic carbocycles. The average Bonchev–Trinajstić information content (AvgIpc) is 3.49. The van der Waals surface area contributed by atoms with Crippen LogP contribution in [0, 0.1) is 6.92 Å². The van der Waals surface area contributed by atoms with Crippen molar-refractivity contribution in [2.24, 2.45) is 0 Å². The Labute approximate surface area is 227 Å². The number of pyridine rings is 1. The topological polar surface area (TPSA) is 119 Å². The Morgan fingerprint density at radius 2 is 1.93 bits per heavy atom. The minimum Gasteiger partial charge on any atom is -0.382 e. The largest absolute Gasteiger partial charge is 0.416 e. The van der Waals surface area contributed by atoms with Gasteiger partial charge in [-0.15, -0.1) is 0 Å². The summed E-state index contributed by atoms with van der Waals surface area (Å²) in [5, 5.41) is 2.45. The van der Waals surface area contributed by atoms with E-state index in [4.69, 9.17) is 10.7 Å². The van der Waals surface area contributed by atoms with Crippen LogP contribution in [0.2, 0.25) is 0 Å². The average molecular weight is 550 g/mol. The lowest BCUT2D eigenvalue weighted by atomic mass is 9.92. The van der Waals surface area contributed by atoms with E-state index >= 15 is 0 Å². The second kappa shape index (κ2) is 9.61. The lowest BCUT2D eigenvalue weighted by Crippen LogP contribution is -2.41. The third-order valence-corrected chi connectivity index (χ3v) is 7.77. The number of nitrogens with two attached hydrogens (primary N) is 1. The van der Waals surface area contributed by atoms with Crippen LogP contribution in [0.4, 0.5) is 24.8 Å². The molecule has 2 amide bonds. The Morgan fingerprint density at radius 3 is 2.70 bits per heavy atom. The molecule has 0 saturated carbocycles. The lowest BCUT2D eigenvalue weighted by Gasteiger charge is -2.34. The van der Waals surface area contributed by atoms with Gasteiger partial charge in [0.2, 0.25) is 5.91 Å². The highest BCUT2D eigenvalue weighted by molar-refractivity contribution is 6.05. The van der Waals surface area contributed by atoms with Gasteiger partial charge in [0.15, 0.2) is 0 Å². The number of imidazole rings is 1. The number of benzene rings is 1. The Kier molecular flexibility index (Phi) is 6.20. The number of carbonyl (C=O) groups is 2. The molecular weight excluding hydrogens is 523 g/mol. The van der Waals surface area contributed by atoms with Gasteiger partial charge in [0.25, 0.3) is 5.91 Å². The summed E-state index contributed by atoms with van der Waals surface area (Å²) in [5.74, 6) is 0.538. The number of hydrogen-bond acceptors (Lipinski definition) is 6. The Hall–Kier alpha value is -4.48. The molecule has 0 bridgehead atoms. The van der Waals surface area contributed by atoms with Crippen molar-refractivity contribution < 1.29 is 22.8 Å². The van der Waals surface area contributed by atoms with Gasteiger partial charge in [0.05, 0.1) is 5.56 Å². The van der Waals surface area contributed by atoms with Crippen molar-refractivity contribution in [2.75, 3.05) is 17.6 Å². The van der Waals surface area contributed by atoms with E-state index in [1.54, 1.807) is 31.3 Å². The molecule has 2 unspecified atom stereocenters. The van der Waals surface area contributed by atoms with Crippen molar-refractivity contribution in [1.29, 1.82) is 0 Å². The zero-order chi connectivity index (χ0) is 28.2. The standard InChI is InChI=1S/C28H26F3N7O2/c1-15-12-16(3-6-20(15)27(40)35-21-13-18(8-9-33-21)28(29,30)31)23-24-25(32)34-10-11-37(24)26(36-23)17-2-4-19-5-7-22(39)38(19)14-17/h3,6,8-13,17,19H,2,4-5,7,14H2,1H3,(H2,32,34)(H,33,35,40). The third kappa shape index (κ3) is 4.52. The molecule has 0 radical (unpaired) electrons. The molecule has 2 saturated heterocycles. The minimum absolute atomic E-state index is 0.0347. The lowest BCUT2D eigenvalue weighted by molar-refractivity contribution is -0.137. The molecule has 6 rings (SSSR count). The number of hydrogen-bond donors (Lipinski definition) is 2. The number of anilines is 2. The van der Waals surface area contributed by atoms with E-state index in [2.05, 4.69) is 15.3 Å². The summed E-state index contributed by atoms with van der Waals surface area (Å²) in [6.07, 6.45) is 3.19. The number of nitrogens with zero attached hydrogens (tertiary/aromatic N) is 5. The first-order chi connectivity index (χ1) is 19.1. The highest BCUT2D eigenvalue weighted by Crippen LogP contribution is 2.38. The fourth-order valence-electron chi connectivity index (χ4n) is 5.78. The quantitative estimate of drug-likeness (QED) is 0.377. The van der Waals surface area contributed by atoms with E-state index in [0.717, 1.165) is 43.4 Å². The van der Waals surface area contributed by atoms with Gasteiger partial charge in [-0.2, -0.15) is 13.2 Å². The highest BCUT2D eigenvalue weighted by atomic mass is 19.4. The maximum absolute atomic E-state index is 13.1. The number of alkyl halides is 3. The Morgan fingerprint density at radius 1 is 1.10 bits per heavy atom. The van der Waals surface area contributed by atoms with Crippen molar-refractivity contribution in [2.45, 2.75) is 50.7 Å². The van der Waals surface area contributed by atoms with Crippen molar-refractivity contribution in [3.05, 3.63) is 71.4 Å². The van der Waals surface area contributed by atoms with Crippen molar-refractivity contribution >= 4 is 29.0 Å². The van der Waals surface area contributed by atoms with E-state index < -0.39 is 17.6 Å². The number of piperidine rings is 1. The fourth-order valence-corrected chi connectivity index (χ4v) is 5.78. The first-order valence-electron chi connectivity index (χ1n) is 13.0. The predicted molar refractivity (Wildman–Crippen MR) is 141 cm³/mol. The van der Waals surface area contributed by atoms with Crippen LogP contribution < -0.4 is 11.1 Å². The molecule has 206 valence electrons. The number of nitrogen functional groups attached to an aromatic ring is 1. The van der Waals surface area contributed by atoms with E-state index in [1.807, 2.05) is 15.5 Å². The summed E-state index contributed by atoms with van der Waals surface area (Å²) in [7, 11) is 0. The first-order valence-corrected chi connectivity index (χ1v) is 13.0. The van der Waals surface area contributed by atoms with Gasteiger partial charge in [0.1, 0.15) is 28.7 Å². The van der Waals surface area contributed by atoms with Crippen LogP contribution in [0.1, 0.15) is 58.9 Å². The van der Waals surface area contributed by atoms with Crippen LogP contribution in [0.25, 0.3) is 16.8 Å². The molecule has 0 spiro atoms. The third-order valence-electron chi connectivity index (χ3n) is 7.77. The van der Waals surface area contributed by atoms with Gasteiger partial charge in [-0.3, -0.25) is 14.0 Å². The van der Waals surface area contributed by atoms with Gasteiger partial charge in [-0.05, 0) is 56.0 Å². The number of halogens is 3.